The summed E-state index contributed by atoms with van der Waals surface area (Å²) in [5, 5.41) is 14.2. The topological polar surface area (TPSA) is 111 Å². The van der Waals surface area contributed by atoms with Crippen LogP contribution in [0.15, 0.2) is 59.6 Å². The molecule has 10 heteroatoms. The Morgan fingerprint density at radius 2 is 1.94 bits per heavy atom. The Kier molecular flexibility index (Phi) is 6.13. The maximum absolute atomic E-state index is 13.4. The quantitative estimate of drug-likeness (QED) is 0.372. The normalized spacial score (nSPS) is 15.7. The third-order valence-electron chi connectivity index (χ3n) is 6.20. The van der Waals surface area contributed by atoms with Crippen molar-refractivity contribution in [2.45, 2.75) is 4.90 Å². The SMILES string of the molecule is COc1cccc(Nc2ccnc3[nH]c4ccc(S(=O)(=O)N5CCN(CCO)CC5)cc4c23)c1. The number of H-pyrrole nitrogens is 1. The summed E-state index contributed by atoms with van der Waals surface area (Å²) < 4.78 is 33.6. The molecule has 9 nitrogen and oxygen atoms in total. The minimum Gasteiger partial charge on any atom is -0.497 e. The summed E-state index contributed by atoms with van der Waals surface area (Å²) in [7, 11) is -2.02. The van der Waals surface area contributed by atoms with Crippen LogP contribution in [0.2, 0.25) is 0 Å². The number of methoxy groups -OCH3 is 1. The lowest BCUT2D eigenvalue weighted by atomic mass is 10.1. The first-order valence-electron chi connectivity index (χ1n) is 11.1. The van der Waals surface area contributed by atoms with Crippen LogP contribution in [-0.2, 0) is 10.0 Å². The average Bonchev–Trinajstić information content (AvgIpc) is 3.23. The van der Waals surface area contributed by atoms with E-state index in [0.29, 0.717) is 38.4 Å². The van der Waals surface area contributed by atoms with E-state index in [1.165, 1.54) is 4.31 Å². The van der Waals surface area contributed by atoms with Gasteiger partial charge in [0.25, 0.3) is 0 Å². The Bertz CT molecular complexity index is 1430. The molecule has 0 atom stereocenters. The number of nitrogens with zero attached hydrogens (tertiary/aromatic N) is 3. The lowest BCUT2D eigenvalue weighted by Crippen LogP contribution is -2.49. The van der Waals surface area contributed by atoms with Crippen LogP contribution in [0.4, 0.5) is 11.4 Å². The first-order chi connectivity index (χ1) is 16.5. The van der Waals surface area contributed by atoms with Gasteiger partial charge in [0.2, 0.25) is 10.0 Å². The van der Waals surface area contributed by atoms with Crippen LogP contribution in [0.5, 0.6) is 5.75 Å². The number of nitrogens with one attached hydrogen (secondary N) is 2. The van der Waals surface area contributed by atoms with E-state index in [2.05, 4.69) is 20.2 Å². The van der Waals surface area contributed by atoms with Crippen molar-refractivity contribution in [3.8, 4) is 5.75 Å². The first-order valence-corrected chi connectivity index (χ1v) is 12.6. The summed E-state index contributed by atoms with van der Waals surface area (Å²) in [6.07, 6.45) is 1.71. The van der Waals surface area contributed by atoms with E-state index in [1.54, 1.807) is 31.5 Å². The van der Waals surface area contributed by atoms with Crippen molar-refractivity contribution in [2.24, 2.45) is 0 Å². The number of hydrogen-bond acceptors (Lipinski definition) is 7. The van der Waals surface area contributed by atoms with Crippen LogP contribution in [0.3, 0.4) is 0 Å². The van der Waals surface area contributed by atoms with Gasteiger partial charge < -0.3 is 20.1 Å². The van der Waals surface area contributed by atoms with E-state index in [-0.39, 0.29) is 11.5 Å². The van der Waals surface area contributed by atoms with E-state index >= 15 is 0 Å². The molecule has 0 spiro atoms. The molecule has 0 radical (unpaired) electrons. The molecule has 1 fully saturated rings. The van der Waals surface area contributed by atoms with Crippen LogP contribution in [-0.4, -0.2) is 79.1 Å². The molecule has 0 saturated carbocycles. The van der Waals surface area contributed by atoms with Gasteiger partial charge in [0.15, 0.2) is 0 Å². The Balaban J connectivity index is 1.52. The third kappa shape index (κ3) is 4.21. The predicted octanol–water partition coefficient (Wildman–Crippen LogP) is 2.77. The molecule has 34 heavy (non-hydrogen) atoms. The summed E-state index contributed by atoms with van der Waals surface area (Å²) in [5.41, 5.74) is 3.16. The highest BCUT2D eigenvalue weighted by Crippen LogP contribution is 2.34. The van der Waals surface area contributed by atoms with Gasteiger partial charge in [-0.25, -0.2) is 13.4 Å². The van der Waals surface area contributed by atoms with Gasteiger partial charge in [-0.15, -0.1) is 0 Å². The summed E-state index contributed by atoms with van der Waals surface area (Å²) in [5.74, 6) is 0.738. The van der Waals surface area contributed by atoms with Crippen molar-refractivity contribution in [1.82, 2.24) is 19.2 Å². The minimum absolute atomic E-state index is 0.0736. The van der Waals surface area contributed by atoms with Crippen LogP contribution >= 0.6 is 0 Å². The lowest BCUT2D eigenvalue weighted by molar-refractivity contribution is 0.151. The van der Waals surface area contributed by atoms with Crippen molar-refractivity contribution in [2.75, 3.05) is 51.8 Å². The number of benzene rings is 2. The predicted molar refractivity (Wildman–Crippen MR) is 132 cm³/mol. The number of aliphatic hydroxyl groups excluding tert-OH is 1. The van der Waals surface area contributed by atoms with Crippen LogP contribution in [0, 0.1) is 0 Å². The molecular weight excluding hydrogens is 454 g/mol. The second-order valence-electron chi connectivity index (χ2n) is 8.24. The standard InChI is InChI=1S/C24H27N5O4S/c1-33-18-4-2-3-17(15-18)26-22-7-8-25-24-23(22)20-16-19(5-6-21(20)27-24)34(31,32)29-11-9-28(10-12-29)13-14-30/h2-8,15-16,30H,9-14H2,1H3,(H2,25,26,27). The number of hydrogen-bond donors (Lipinski definition) is 3. The van der Waals surface area contributed by atoms with Gasteiger partial charge in [-0.1, -0.05) is 6.07 Å². The molecule has 0 bridgehead atoms. The first kappa shape index (κ1) is 22.6. The molecule has 1 aliphatic heterocycles. The molecule has 1 saturated heterocycles. The van der Waals surface area contributed by atoms with Gasteiger partial charge >= 0.3 is 0 Å². The number of aliphatic hydroxyl groups is 1. The average molecular weight is 482 g/mol. The molecule has 3 N–H and O–H groups in total. The van der Waals surface area contributed by atoms with Crippen molar-refractivity contribution in [1.29, 1.82) is 0 Å². The van der Waals surface area contributed by atoms with Gasteiger partial charge in [0.05, 0.1) is 29.7 Å². The number of piperazine rings is 1. The smallest absolute Gasteiger partial charge is 0.243 e. The van der Waals surface area contributed by atoms with Crippen LogP contribution in [0.25, 0.3) is 21.9 Å². The monoisotopic (exact) mass is 481 g/mol. The number of ether oxygens (including phenoxy) is 1. The van der Waals surface area contributed by atoms with E-state index in [4.69, 9.17) is 9.84 Å². The van der Waals surface area contributed by atoms with E-state index in [0.717, 1.165) is 33.4 Å². The maximum atomic E-state index is 13.4. The summed E-state index contributed by atoms with van der Waals surface area (Å²) in [4.78, 5) is 10.1. The van der Waals surface area contributed by atoms with Gasteiger partial charge in [0, 0.05) is 61.6 Å². The van der Waals surface area contributed by atoms with Gasteiger partial charge in [-0.05, 0) is 36.4 Å². The number of aromatic nitrogens is 2. The second-order valence-corrected chi connectivity index (χ2v) is 10.2. The number of fused-ring (bicyclic) bond motifs is 3. The number of sulfonamides is 1. The van der Waals surface area contributed by atoms with Crippen molar-refractivity contribution >= 4 is 43.3 Å². The van der Waals surface area contributed by atoms with Crippen LogP contribution < -0.4 is 10.1 Å². The molecule has 0 amide bonds. The number of anilines is 2. The molecule has 2 aromatic carbocycles. The number of rotatable bonds is 7. The fourth-order valence-corrected chi connectivity index (χ4v) is 5.85. The highest BCUT2D eigenvalue weighted by atomic mass is 32.2. The lowest BCUT2D eigenvalue weighted by Gasteiger charge is -2.33. The summed E-state index contributed by atoms with van der Waals surface area (Å²) in [6.45, 7) is 2.65. The van der Waals surface area contributed by atoms with Gasteiger partial charge in [-0.3, -0.25) is 4.90 Å². The molecular formula is C24H27N5O4S. The number of pyridine rings is 1. The third-order valence-corrected chi connectivity index (χ3v) is 8.09. The number of β-amino-alcohol motifs (C(OH)–C–C–N with tert-alkyl or cyclic N) is 1. The molecule has 178 valence electrons. The van der Waals surface area contributed by atoms with E-state index in [9.17, 15) is 8.42 Å². The highest BCUT2D eigenvalue weighted by molar-refractivity contribution is 7.89. The van der Waals surface area contributed by atoms with E-state index in [1.807, 2.05) is 30.3 Å². The maximum Gasteiger partial charge on any atom is 0.243 e. The summed E-state index contributed by atoms with van der Waals surface area (Å²) in [6, 6.07) is 14.6. The zero-order valence-electron chi connectivity index (χ0n) is 18.9. The summed E-state index contributed by atoms with van der Waals surface area (Å²) >= 11 is 0. The molecule has 5 rings (SSSR count). The molecule has 2 aromatic heterocycles. The van der Waals surface area contributed by atoms with Gasteiger partial charge in [-0.2, -0.15) is 4.31 Å². The number of aromatic amines is 1. The fraction of sp³-hybridized carbons (Fsp3) is 0.292. The van der Waals surface area contributed by atoms with Crippen LogP contribution in [0.1, 0.15) is 0 Å². The largest absolute Gasteiger partial charge is 0.497 e. The fourth-order valence-electron chi connectivity index (χ4n) is 4.40. The van der Waals surface area contributed by atoms with Crippen molar-refractivity contribution in [3.63, 3.8) is 0 Å². The minimum atomic E-state index is -3.65. The van der Waals surface area contributed by atoms with Crippen molar-refractivity contribution in [3.05, 3.63) is 54.7 Å². The zero-order valence-corrected chi connectivity index (χ0v) is 19.7. The molecule has 1 aliphatic rings. The Morgan fingerprint density at radius 1 is 1.12 bits per heavy atom. The Morgan fingerprint density at radius 3 is 2.71 bits per heavy atom. The van der Waals surface area contributed by atoms with E-state index < -0.39 is 10.0 Å². The molecule has 3 heterocycles. The Labute approximate surface area is 198 Å². The second kappa shape index (κ2) is 9.22. The molecule has 4 aromatic rings. The molecule has 0 unspecified atom stereocenters. The highest BCUT2D eigenvalue weighted by Gasteiger charge is 2.29. The van der Waals surface area contributed by atoms with Crippen molar-refractivity contribution < 1.29 is 18.3 Å². The van der Waals surface area contributed by atoms with Gasteiger partial charge in [0.1, 0.15) is 11.4 Å². The Hall–Kier alpha value is -3.18. The zero-order chi connectivity index (χ0) is 23.7. The molecule has 0 aliphatic carbocycles.